The zero-order chi connectivity index (χ0) is 20.8. The molecule has 0 atom stereocenters. The van der Waals surface area contributed by atoms with Gasteiger partial charge in [-0.15, -0.1) is 11.3 Å². The van der Waals surface area contributed by atoms with Crippen LogP contribution in [0.3, 0.4) is 0 Å². The third-order valence-corrected chi connectivity index (χ3v) is 5.41. The van der Waals surface area contributed by atoms with Gasteiger partial charge in [0.05, 0.1) is 25.4 Å². The zero-order valence-corrected chi connectivity index (χ0v) is 17.8. The summed E-state index contributed by atoms with van der Waals surface area (Å²) < 4.78 is 15.9. The maximum absolute atomic E-state index is 12.1. The lowest BCUT2D eigenvalue weighted by atomic mass is 10.0. The highest BCUT2D eigenvalue weighted by Crippen LogP contribution is 2.33. The van der Waals surface area contributed by atoms with Gasteiger partial charge in [-0.3, -0.25) is 0 Å². The molecule has 1 aromatic heterocycles. The number of hydrogen-bond donors (Lipinski definition) is 0. The number of benzene rings is 2. The van der Waals surface area contributed by atoms with Gasteiger partial charge in [-0.1, -0.05) is 48.0 Å². The lowest BCUT2D eigenvalue weighted by molar-refractivity contribution is -0.133. The molecule has 0 saturated heterocycles. The van der Waals surface area contributed by atoms with Crippen LogP contribution in [0.1, 0.15) is 16.0 Å². The third-order valence-electron chi connectivity index (χ3n) is 4.16. The maximum Gasteiger partial charge on any atom is 0.341 e. The van der Waals surface area contributed by atoms with Gasteiger partial charge in [-0.2, -0.15) is 0 Å². The van der Waals surface area contributed by atoms with Gasteiger partial charge in [-0.25, -0.2) is 9.78 Å². The quantitative estimate of drug-likeness (QED) is 0.281. The van der Waals surface area contributed by atoms with Crippen LogP contribution in [0, 0.1) is 6.92 Å². The zero-order valence-electron chi connectivity index (χ0n) is 16.3. The molecule has 0 aliphatic heterocycles. The highest BCUT2D eigenvalue weighted by molar-refractivity contribution is 7.15. The Kier molecular flexibility index (Phi) is 6.90. The number of aromatic nitrogens is 1. The summed E-state index contributed by atoms with van der Waals surface area (Å²) in [5.41, 5.74) is 2.81. The van der Waals surface area contributed by atoms with Crippen LogP contribution in [0.25, 0.3) is 16.1 Å². The average Bonchev–Trinajstić information content (AvgIpc) is 3.11. The summed E-state index contributed by atoms with van der Waals surface area (Å²) in [6.07, 6.45) is 1.37. The molecular formula is C22H20ClNO4S. The second-order valence-corrected chi connectivity index (χ2v) is 7.73. The van der Waals surface area contributed by atoms with E-state index in [1.807, 2.05) is 55.5 Å². The Morgan fingerprint density at radius 3 is 2.55 bits per heavy atom. The van der Waals surface area contributed by atoms with Crippen LogP contribution < -0.4 is 4.74 Å². The predicted octanol–water partition coefficient (Wildman–Crippen LogP) is 5.51. The Bertz CT molecular complexity index is 1030. The summed E-state index contributed by atoms with van der Waals surface area (Å²) in [5.74, 6) is 0.0826. The Labute approximate surface area is 178 Å². The van der Waals surface area contributed by atoms with E-state index in [1.54, 1.807) is 11.3 Å². The number of thiazole rings is 1. The molecule has 0 aliphatic rings. The molecule has 3 rings (SSSR count). The van der Waals surface area contributed by atoms with Crippen molar-refractivity contribution in [3.8, 4) is 16.5 Å². The van der Waals surface area contributed by atoms with Crippen molar-refractivity contribution in [1.82, 2.24) is 4.98 Å². The van der Waals surface area contributed by atoms with Crippen molar-refractivity contribution in [2.75, 3.05) is 14.2 Å². The molecule has 0 radical (unpaired) electrons. The summed E-state index contributed by atoms with van der Waals surface area (Å²) in [6, 6.07) is 15.0. The van der Waals surface area contributed by atoms with Crippen LogP contribution in [0.4, 0.5) is 0 Å². The van der Waals surface area contributed by atoms with E-state index in [-0.39, 0.29) is 6.61 Å². The monoisotopic (exact) mass is 429 g/mol. The molecule has 0 amide bonds. The molecule has 1 heterocycles. The fourth-order valence-electron chi connectivity index (χ4n) is 2.74. The smallest absolute Gasteiger partial charge is 0.341 e. The fraction of sp³-hybridized carbons (Fsp3) is 0.182. The third kappa shape index (κ3) is 4.96. The first-order valence-corrected chi connectivity index (χ1v) is 9.98. The van der Waals surface area contributed by atoms with Gasteiger partial charge in [0.15, 0.2) is 0 Å². The van der Waals surface area contributed by atoms with Crippen LogP contribution in [0.15, 0.2) is 54.8 Å². The Hall–Kier alpha value is -2.83. The van der Waals surface area contributed by atoms with Crippen molar-refractivity contribution < 1.29 is 19.0 Å². The molecule has 7 heteroatoms. The molecule has 0 saturated carbocycles. The van der Waals surface area contributed by atoms with E-state index in [0.717, 1.165) is 21.0 Å². The second-order valence-electron chi connectivity index (χ2n) is 6.09. The van der Waals surface area contributed by atoms with Crippen LogP contribution in [-0.2, 0) is 20.9 Å². The van der Waals surface area contributed by atoms with Crippen molar-refractivity contribution in [3.63, 3.8) is 0 Å². The lowest BCUT2D eigenvalue weighted by Gasteiger charge is -2.12. The summed E-state index contributed by atoms with van der Waals surface area (Å²) in [6.45, 7) is 2.21. The van der Waals surface area contributed by atoms with Crippen LogP contribution in [0.2, 0.25) is 5.02 Å². The van der Waals surface area contributed by atoms with Crippen molar-refractivity contribution in [2.45, 2.75) is 13.5 Å². The van der Waals surface area contributed by atoms with Crippen LogP contribution in [-0.4, -0.2) is 25.2 Å². The largest absolute Gasteiger partial charge is 0.503 e. The van der Waals surface area contributed by atoms with Crippen LogP contribution in [0.5, 0.6) is 5.88 Å². The van der Waals surface area contributed by atoms with Crippen molar-refractivity contribution in [2.24, 2.45) is 0 Å². The SMILES string of the molecule is CO/C=C(/C(=O)OC)c1ccccc1COc1nc(-c2ccc(Cl)cc2)sc1C. The summed E-state index contributed by atoms with van der Waals surface area (Å²) in [4.78, 5) is 17.7. The van der Waals surface area contributed by atoms with Gasteiger partial charge in [0.25, 0.3) is 0 Å². The van der Waals surface area contributed by atoms with E-state index in [4.69, 9.17) is 25.8 Å². The highest BCUT2D eigenvalue weighted by atomic mass is 35.5. The van der Waals surface area contributed by atoms with Gasteiger partial charge in [-0.05, 0) is 30.2 Å². The fourth-order valence-corrected chi connectivity index (χ4v) is 3.73. The Morgan fingerprint density at radius 1 is 1.14 bits per heavy atom. The van der Waals surface area contributed by atoms with Gasteiger partial charge in [0, 0.05) is 10.6 Å². The normalized spacial score (nSPS) is 11.2. The van der Waals surface area contributed by atoms with E-state index in [2.05, 4.69) is 4.98 Å². The number of hydrogen-bond acceptors (Lipinski definition) is 6. The molecule has 0 fully saturated rings. The summed E-state index contributed by atoms with van der Waals surface area (Å²) >= 11 is 7.51. The van der Waals surface area contributed by atoms with Crippen LogP contribution >= 0.6 is 22.9 Å². The molecule has 5 nitrogen and oxygen atoms in total. The Morgan fingerprint density at radius 2 is 1.86 bits per heavy atom. The molecule has 0 bridgehead atoms. The first-order chi connectivity index (χ1) is 14.0. The molecule has 0 aliphatic carbocycles. The van der Waals surface area contributed by atoms with E-state index < -0.39 is 5.97 Å². The molecule has 29 heavy (non-hydrogen) atoms. The lowest BCUT2D eigenvalue weighted by Crippen LogP contribution is -2.08. The molecule has 2 aromatic carbocycles. The van der Waals surface area contributed by atoms with Gasteiger partial charge < -0.3 is 14.2 Å². The number of esters is 1. The Balaban J connectivity index is 1.83. The van der Waals surface area contributed by atoms with E-state index in [9.17, 15) is 4.79 Å². The second kappa shape index (κ2) is 9.58. The first-order valence-electron chi connectivity index (χ1n) is 8.79. The van der Waals surface area contributed by atoms with Gasteiger partial charge >= 0.3 is 5.97 Å². The van der Waals surface area contributed by atoms with Crippen molar-refractivity contribution in [3.05, 3.63) is 75.8 Å². The molecule has 3 aromatic rings. The minimum absolute atomic E-state index is 0.249. The highest BCUT2D eigenvalue weighted by Gasteiger charge is 2.18. The molecule has 0 N–H and O–H groups in total. The molecule has 0 unspecified atom stereocenters. The number of carbonyl (C=O) groups excluding carboxylic acids is 1. The standard InChI is InChI=1S/C22H20ClNO4S/c1-14-20(24-21(29-14)15-8-10-17(23)11-9-15)28-12-16-6-4-5-7-18(16)19(13-26-2)22(25)27-3/h4-11,13H,12H2,1-3H3/b19-13+. The number of rotatable bonds is 7. The van der Waals surface area contributed by atoms with Crippen molar-refractivity contribution in [1.29, 1.82) is 0 Å². The number of carbonyl (C=O) groups is 1. The van der Waals surface area contributed by atoms with E-state index in [0.29, 0.717) is 22.0 Å². The number of ether oxygens (including phenoxy) is 3. The van der Waals surface area contributed by atoms with Gasteiger partial charge in [0.2, 0.25) is 5.88 Å². The van der Waals surface area contributed by atoms with Gasteiger partial charge in [0.1, 0.15) is 17.2 Å². The topological polar surface area (TPSA) is 57.7 Å². The summed E-state index contributed by atoms with van der Waals surface area (Å²) in [5, 5.41) is 1.54. The van der Waals surface area contributed by atoms with E-state index >= 15 is 0 Å². The van der Waals surface area contributed by atoms with E-state index in [1.165, 1.54) is 20.5 Å². The average molecular weight is 430 g/mol. The number of methoxy groups -OCH3 is 2. The minimum atomic E-state index is -0.478. The predicted molar refractivity (Wildman–Crippen MR) is 115 cm³/mol. The molecule has 0 spiro atoms. The van der Waals surface area contributed by atoms with Crippen molar-refractivity contribution >= 4 is 34.5 Å². The first kappa shape index (κ1) is 20.9. The summed E-state index contributed by atoms with van der Waals surface area (Å²) in [7, 11) is 2.82. The number of halogens is 1. The molecule has 150 valence electrons. The number of nitrogens with zero attached hydrogens (tertiary/aromatic N) is 1. The number of aryl methyl sites for hydroxylation is 1. The molecular weight excluding hydrogens is 410 g/mol. The minimum Gasteiger partial charge on any atom is -0.503 e. The maximum atomic E-state index is 12.1.